The van der Waals surface area contributed by atoms with Gasteiger partial charge in [-0.2, -0.15) is 0 Å². The van der Waals surface area contributed by atoms with E-state index in [4.69, 9.17) is 4.74 Å². The number of carbonyl (C=O) groups is 1. The molecular formula is C22H34O3. The molecule has 0 aromatic carbocycles. The molecule has 0 amide bonds. The third-order valence-corrected chi connectivity index (χ3v) is 9.79. The van der Waals surface area contributed by atoms with Gasteiger partial charge in [0.2, 0.25) is 0 Å². The Labute approximate surface area is 151 Å². The monoisotopic (exact) mass is 346 g/mol. The van der Waals surface area contributed by atoms with E-state index in [1.165, 1.54) is 44.9 Å². The van der Waals surface area contributed by atoms with Crippen molar-refractivity contribution in [2.24, 2.45) is 46.3 Å². The van der Waals surface area contributed by atoms with Crippen LogP contribution in [0.15, 0.2) is 0 Å². The molecule has 0 unspecified atom stereocenters. The zero-order chi connectivity index (χ0) is 17.6. The highest BCUT2D eigenvalue weighted by Crippen LogP contribution is 2.70. The fourth-order valence-corrected chi connectivity index (χ4v) is 8.40. The highest BCUT2D eigenvalue weighted by Gasteiger charge is 2.66. The Morgan fingerprint density at radius 3 is 2.56 bits per heavy atom. The van der Waals surface area contributed by atoms with Crippen molar-refractivity contribution in [2.45, 2.75) is 84.3 Å². The van der Waals surface area contributed by atoms with E-state index in [-0.39, 0.29) is 29.0 Å². The highest BCUT2D eigenvalue weighted by atomic mass is 16.5. The normalized spacial score (nSPS) is 59.2. The first-order valence-corrected chi connectivity index (χ1v) is 10.7. The fourth-order valence-electron chi connectivity index (χ4n) is 8.40. The van der Waals surface area contributed by atoms with Crippen molar-refractivity contribution in [3.63, 3.8) is 0 Å². The van der Waals surface area contributed by atoms with Crippen LogP contribution < -0.4 is 0 Å². The van der Waals surface area contributed by atoms with Gasteiger partial charge >= 0.3 is 5.97 Å². The Morgan fingerprint density at radius 2 is 1.80 bits per heavy atom. The molecule has 5 rings (SSSR count). The second-order valence-corrected chi connectivity index (χ2v) is 10.6. The quantitative estimate of drug-likeness (QED) is 0.725. The standard InChI is InChI=1S/C22H34O3/c1-12(23)25-19-7-6-17-15-5-4-14-10-13-11-16(13)20(24)22(14,3)18(15)8-9-21(17,19)2/h13-20,24H,4-11H2,1-3H3/t13-,14+,15-,16+,17-,18-,19-,20+,21+,22+/m1/s1. The molecule has 10 atom stereocenters. The lowest BCUT2D eigenvalue weighted by Crippen LogP contribution is -2.58. The second-order valence-electron chi connectivity index (χ2n) is 10.6. The Morgan fingerprint density at radius 1 is 1.00 bits per heavy atom. The number of carbonyl (C=O) groups excluding carboxylic acids is 1. The van der Waals surface area contributed by atoms with Crippen molar-refractivity contribution in [3.05, 3.63) is 0 Å². The first-order valence-electron chi connectivity index (χ1n) is 10.7. The number of aliphatic hydroxyl groups is 1. The smallest absolute Gasteiger partial charge is 0.302 e. The summed E-state index contributed by atoms with van der Waals surface area (Å²) >= 11 is 0. The van der Waals surface area contributed by atoms with Crippen LogP contribution in [0.3, 0.4) is 0 Å². The van der Waals surface area contributed by atoms with Gasteiger partial charge in [0.1, 0.15) is 6.10 Å². The lowest BCUT2D eigenvalue weighted by atomic mass is 9.44. The number of hydrogen-bond donors (Lipinski definition) is 1. The van der Waals surface area contributed by atoms with Crippen LogP contribution >= 0.6 is 0 Å². The Hall–Kier alpha value is -0.570. The maximum absolute atomic E-state index is 11.6. The molecular weight excluding hydrogens is 312 g/mol. The van der Waals surface area contributed by atoms with Crippen molar-refractivity contribution in [1.29, 1.82) is 0 Å². The van der Waals surface area contributed by atoms with E-state index < -0.39 is 0 Å². The van der Waals surface area contributed by atoms with Gasteiger partial charge in [0.15, 0.2) is 0 Å². The fraction of sp³-hybridized carbons (Fsp3) is 0.955. The topological polar surface area (TPSA) is 46.5 Å². The van der Waals surface area contributed by atoms with Crippen LogP contribution in [0.2, 0.25) is 0 Å². The van der Waals surface area contributed by atoms with Gasteiger partial charge in [0, 0.05) is 12.3 Å². The van der Waals surface area contributed by atoms with E-state index in [9.17, 15) is 9.90 Å². The Bertz CT molecular complexity index is 588. The first kappa shape index (κ1) is 16.6. The molecule has 140 valence electrons. The molecule has 5 saturated carbocycles. The molecule has 5 fully saturated rings. The van der Waals surface area contributed by atoms with Crippen molar-refractivity contribution < 1.29 is 14.6 Å². The molecule has 0 aromatic rings. The average molecular weight is 347 g/mol. The van der Waals surface area contributed by atoms with Crippen LogP contribution in [0.25, 0.3) is 0 Å². The molecule has 5 aliphatic carbocycles. The minimum absolute atomic E-state index is 0.0703. The minimum atomic E-state index is -0.118. The van der Waals surface area contributed by atoms with Gasteiger partial charge < -0.3 is 9.84 Å². The molecule has 5 aliphatic rings. The van der Waals surface area contributed by atoms with Crippen molar-refractivity contribution >= 4 is 5.97 Å². The summed E-state index contributed by atoms with van der Waals surface area (Å²) in [4.78, 5) is 11.6. The van der Waals surface area contributed by atoms with Gasteiger partial charge in [-0.3, -0.25) is 4.79 Å². The molecule has 0 bridgehead atoms. The summed E-state index contributed by atoms with van der Waals surface area (Å²) in [6.07, 6.45) is 9.97. The lowest BCUT2D eigenvalue weighted by molar-refractivity contribution is -0.178. The summed E-state index contributed by atoms with van der Waals surface area (Å²) in [5.41, 5.74) is 0.305. The first-order chi connectivity index (χ1) is 11.9. The van der Waals surface area contributed by atoms with Crippen LogP contribution in [-0.4, -0.2) is 23.3 Å². The minimum Gasteiger partial charge on any atom is -0.462 e. The van der Waals surface area contributed by atoms with E-state index in [0.29, 0.717) is 17.8 Å². The summed E-state index contributed by atoms with van der Waals surface area (Å²) in [5.74, 6) is 4.14. The molecule has 0 spiro atoms. The zero-order valence-electron chi connectivity index (χ0n) is 16.0. The third-order valence-electron chi connectivity index (χ3n) is 9.79. The summed E-state index contributed by atoms with van der Waals surface area (Å²) in [7, 11) is 0. The van der Waals surface area contributed by atoms with Crippen LogP contribution in [-0.2, 0) is 9.53 Å². The van der Waals surface area contributed by atoms with Gasteiger partial charge in [0.25, 0.3) is 0 Å². The predicted molar refractivity (Wildman–Crippen MR) is 95.7 cm³/mol. The largest absolute Gasteiger partial charge is 0.462 e. The number of ether oxygens (including phenoxy) is 1. The summed E-state index contributed by atoms with van der Waals surface area (Å²) < 4.78 is 5.75. The van der Waals surface area contributed by atoms with Crippen molar-refractivity contribution in [2.75, 3.05) is 0 Å². The second kappa shape index (κ2) is 5.24. The Kier molecular flexibility index (Phi) is 3.48. The molecule has 0 heterocycles. The van der Waals surface area contributed by atoms with Crippen molar-refractivity contribution in [1.82, 2.24) is 0 Å². The number of rotatable bonds is 1. The van der Waals surface area contributed by atoms with Gasteiger partial charge in [-0.05, 0) is 92.3 Å². The molecule has 0 aromatic heterocycles. The summed E-state index contributed by atoms with van der Waals surface area (Å²) in [5, 5.41) is 11.2. The number of aliphatic hydroxyl groups excluding tert-OH is 1. The molecule has 25 heavy (non-hydrogen) atoms. The number of fused-ring (bicyclic) bond motifs is 6. The van der Waals surface area contributed by atoms with E-state index in [2.05, 4.69) is 13.8 Å². The maximum atomic E-state index is 11.6. The molecule has 0 aliphatic heterocycles. The Balaban J connectivity index is 1.44. The summed E-state index contributed by atoms with van der Waals surface area (Å²) in [6.45, 7) is 6.38. The van der Waals surface area contributed by atoms with E-state index in [1.807, 2.05) is 0 Å². The maximum Gasteiger partial charge on any atom is 0.302 e. The molecule has 0 saturated heterocycles. The predicted octanol–water partition coefficient (Wildman–Crippen LogP) is 4.18. The third kappa shape index (κ3) is 2.11. The molecule has 1 N–H and O–H groups in total. The highest BCUT2D eigenvalue weighted by molar-refractivity contribution is 5.66. The van der Waals surface area contributed by atoms with E-state index in [1.54, 1.807) is 6.92 Å². The van der Waals surface area contributed by atoms with Gasteiger partial charge in [-0.25, -0.2) is 0 Å². The van der Waals surface area contributed by atoms with Crippen LogP contribution in [0.4, 0.5) is 0 Å². The van der Waals surface area contributed by atoms with E-state index in [0.717, 1.165) is 24.2 Å². The van der Waals surface area contributed by atoms with E-state index >= 15 is 0 Å². The van der Waals surface area contributed by atoms with Gasteiger partial charge in [0.05, 0.1) is 6.10 Å². The molecule has 0 radical (unpaired) electrons. The average Bonchev–Trinajstić information content (AvgIpc) is 3.26. The van der Waals surface area contributed by atoms with Crippen molar-refractivity contribution in [3.8, 4) is 0 Å². The summed E-state index contributed by atoms with van der Waals surface area (Å²) in [6, 6.07) is 0. The van der Waals surface area contributed by atoms with Crippen LogP contribution in [0.1, 0.15) is 72.1 Å². The number of esters is 1. The van der Waals surface area contributed by atoms with Gasteiger partial charge in [-0.15, -0.1) is 0 Å². The zero-order valence-corrected chi connectivity index (χ0v) is 16.0. The SMILES string of the molecule is CC(=O)O[C@@H]1CC[C@@H]2[C@H]3CC[C@H]4C[C@@H]5C[C@@H]5[C@H](O)[C@]4(C)[C@@H]3CC[C@@]21C. The molecule has 3 heteroatoms. The van der Waals surface area contributed by atoms with Gasteiger partial charge in [-0.1, -0.05) is 13.8 Å². The molecule has 3 nitrogen and oxygen atoms in total. The number of hydrogen-bond acceptors (Lipinski definition) is 3. The lowest BCUT2D eigenvalue weighted by Gasteiger charge is -2.61. The van der Waals surface area contributed by atoms with Crippen LogP contribution in [0.5, 0.6) is 0 Å². The van der Waals surface area contributed by atoms with Crippen LogP contribution in [0, 0.1) is 46.3 Å².